The number of rotatable bonds is 5. The normalized spacial score (nSPS) is 13.2. The lowest BCUT2D eigenvalue weighted by Gasteiger charge is -2.26. The number of nitrogens with zero attached hydrogens (tertiary/aromatic N) is 2. The average Bonchev–Trinajstić information content (AvgIpc) is 2.72. The summed E-state index contributed by atoms with van der Waals surface area (Å²) in [5.74, 6) is -0.0648. The van der Waals surface area contributed by atoms with Crippen molar-refractivity contribution in [1.82, 2.24) is 0 Å². The number of phenols is 1. The van der Waals surface area contributed by atoms with Crippen molar-refractivity contribution < 1.29 is 5.11 Å². The zero-order chi connectivity index (χ0) is 20.1. The molecule has 0 saturated carbocycles. The van der Waals surface area contributed by atoms with Gasteiger partial charge in [-0.05, 0) is 41.8 Å². The van der Waals surface area contributed by atoms with Crippen molar-refractivity contribution in [3.8, 4) is 11.8 Å². The molecule has 0 saturated heterocycles. The SMILES string of the molecule is CC[C@](C#N)(c1ccccc1)c1ccc(N=Cc2cc(Cl)cc(Cl)c2O)cc1. The van der Waals surface area contributed by atoms with Crippen LogP contribution in [0.2, 0.25) is 10.0 Å². The van der Waals surface area contributed by atoms with Gasteiger partial charge in [-0.2, -0.15) is 5.26 Å². The van der Waals surface area contributed by atoms with Gasteiger partial charge in [-0.1, -0.05) is 72.6 Å². The fourth-order valence-electron chi connectivity index (χ4n) is 3.17. The number of benzene rings is 3. The molecule has 3 rings (SSSR count). The molecule has 0 unspecified atom stereocenters. The molecule has 0 amide bonds. The third-order valence-corrected chi connectivity index (χ3v) is 5.26. The van der Waals surface area contributed by atoms with Crippen molar-refractivity contribution in [2.45, 2.75) is 18.8 Å². The van der Waals surface area contributed by atoms with Crippen molar-refractivity contribution in [2.24, 2.45) is 4.99 Å². The fraction of sp³-hybridized carbons (Fsp3) is 0.130. The number of halogens is 2. The zero-order valence-electron chi connectivity index (χ0n) is 15.2. The van der Waals surface area contributed by atoms with Crippen molar-refractivity contribution >= 4 is 35.1 Å². The lowest BCUT2D eigenvalue weighted by Crippen LogP contribution is -2.24. The zero-order valence-corrected chi connectivity index (χ0v) is 16.7. The van der Waals surface area contributed by atoms with Crippen LogP contribution in [0.5, 0.6) is 5.75 Å². The van der Waals surface area contributed by atoms with Gasteiger partial charge in [-0.25, -0.2) is 0 Å². The van der Waals surface area contributed by atoms with Gasteiger partial charge >= 0.3 is 0 Å². The summed E-state index contributed by atoms with van der Waals surface area (Å²) in [6.45, 7) is 2.01. The molecule has 0 radical (unpaired) electrons. The molecule has 0 heterocycles. The van der Waals surface area contributed by atoms with Crippen molar-refractivity contribution in [1.29, 1.82) is 5.26 Å². The molecule has 3 aromatic rings. The Labute approximate surface area is 174 Å². The van der Waals surface area contributed by atoms with Gasteiger partial charge in [0.05, 0.1) is 16.8 Å². The largest absolute Gasteiger partial charge is 0.506 e. The minimum atomic E-state index is -0.706. The van der Waals surface area contributed by atoms with E-state index < -0.39 is 5.41 Å². The highest BCUT2D eigenvalue weighted by atomic mass is 35.5. The van der Waals surface area contributed by atoms with E-state index in [1.54, 1.807) is 6.07 Å². The first-order valence-electron chi connectivity index (χ1n) is 8.79. The minimum Gasteiger partial charge on any atom is -0.506 e. The summed E-state index contributed by atoms with van der Waals surface area (Å²) in [5, 5.41) is 20.6. The molecule has 28 heavy (non-hydrogen) atoms. The molecule has 0 bridgehead atoms. The van der Waals surface area contributed by atoms with Crippen LogP contribution in [0, 0.1) is 11.3 Å². The Balaban J connectivity index is 1.92. The third kappa shape index (κ3) is 3.89. The van der Waals surface area contributed by atoms with Crippen LogP contribution < -0.4 is 0 Å². The first-order valence-corrected chi connectivity index (χ1v) is 9.55. The van der Waals surface area contributed by atoms with Gasteiger partial charge in [-0.3, -0.25) is 4.99 Å². The van der Waals surface area contributed by atoms with Gasteiger partial charge in [0.15, 0.2) is 0 Å². The average molecular weight is 409 g/mol. The van der Waals surface area contributed by atoms with Crippen LogP contribution in [0.1, 0.15) is 30.0 Å². The van der Waals surface area contributed by atoms with Gasteiger partial charge < -0.3 is 5.11 Å². The Morgan fingerprint density at radius 3 is 2.29 bits per heavy atom. The number of hydrogen-bond acceptors (Lipinski definition) is 3. The number of phenolic OH excluding ortho intramolecular Hbond substituents is 1. The highest BCUT2D eigenvalue weighted by Crippen LogP contribution is 2.36. The summed E-state index contributed by atoms with van der Waals surface area (Å²) in [5.41, 5.74) is 2.30. The number of aliphatic imine (C=N–C) groups is 1. The minimum absolute atomic E-state index is 0.0648. The van der Waals surface area contributed by atoms with Crippen LogP contribution >= 0.6 is 23.2 Å². The molecule has 3 nitrogen and oxygen atoms in total. The van der Waals surface area contributed by atoms with E-state index in [0.29, 0.717) is 22.7 Å². The van der Waals surface area contributed by atoms with Crippen LogP contribution in [0.25, 0.3) is 0 Å². The van der Waals surface area contributed by atoms with E-state index in [4.69, 9.17) is 23.2 Å². The maximum Gasteiger partial charge on any atom is 0.143 e. The molecular weight excluding hydrogens is 391 g/mol. The van der Waals surface area contributed by atoms with Gasteiger partial charge in [0.25, 0.3) is 0 Å². The predicted molar refractivity (Wildman–Crippen MR) is 115 cm³/mol. The first-order chi connectivity index (χ1) is 13.5. The molecule has 1 N–H and O–H groups in total. The first kappa shape index (κ1) is 19.9. The molecule has 0 aliphatic carbocycles. The number of hydrogen-bond donors (Lipinski definition) is 1. The van der Waals surface area contributed by atoms with Gasteiger partial charge in [0.2, 0.25) is 0 Å². The van der Waals surface area contributed by atoms with Crippen molar-refractivity contribution in [3.63, 3.8) is 0 Å². The van der Waals surface area contributed by atoms with Crippen LogP contribution in [-0.4, -0.2) is 11.3 Å². The van der Waals surface area contributed by atoms with Crippen LogP contribution in [0.15, 0.2) is 71.7 Å². The molecule has 3 aromatic carbocycles. The molecule has 140 valence electrons. The molecule has 0 aromatic heterocycles. The second kappa shape index (κ2) is 8.48. The second-order valence-corrected chi connectivity index (χ2v) is 7.21. The summed E-state index contributed by atoms with van der Waals surface area (Å²) in [7, 11) is 0. The highest BCUT2D eigenvalue weighted by Gasteiger charge is 2.32. The molecule has 0 fully saturated rings. The number of aromatic hydroxyl groups is 1. The van der Waals surface area contributed by atoms with Gasteiger partial charge in [0, 0.05) is 16.8 Å². The van der Waals surface area contributed by atoms with Crippen LogP contribution in [-0.2, 0) is 5.41 Å². The summed E-state index contributed by atoms with van der Waals surface area (Å²) < 4.78 is 0. The van der Waals surface area contributed by atoms with Crippen molar-refractivity contribution in [2.75, 3.05) is 0 Å². The monoisotopic (exact) mass is 408 g/mol. The summed E-state index contributed by atoms with van der Waals surface area (Å²) in [6.07, 6.45) is 2.17. The maximum atomic E-state index is 10.0. The third-order valence-electron chi connectivity index (χ3n) is 4.76. The van der Waals surface area contributed by atoms with Gasteiger partial charge in [-0.15, -0.1) is 0 Å². The summed E-state index contributed by atoms with van der Waals surface area (Å²) >= 11 is 11.9. The topological polar surface area (TPSA) is 56.4 Å². The summed E-state index contributed by atoms with van der Waals surface area (Å²) in [6, 6.07) is 22.9. The summed E-state index contributed by atoms with van der Waals surface area (Å²) in [4.78, 5) is 4.38. The van der Waals surface area contributed by atoms with Crippen molar-refractivity contribution in [3.05, 3.63) is 93.5 Å². The molecular formula is C23H18Cl2N2O. The quantitative estimate of drug-likeness (QED) is 0.479. The Morgan fingerprint density at radius 1 is 1.04 bits per heavy atom. The van der Waals surface area contributed by atoms with E-state index in [9.17, 15) is 10.4 Å². The lowest BCUT2D eigenvalue weighted by molar-refractivity contribution is 0.475. The fourth-order valence-corrected chi connectivity index (χ4v) is 3.68. The van der Waals surface area contributed by atoms with E-state index in [-0.39, 0.29) is 10.8 Å². The number of nitriles is 1. The van der Waals surface area contributed by atoms with Crippen LogP contribution in [0.3, 0.4) is 0 Å². The van der Waals surface area contributed by atoms with E-state index in [0.717, 1.165) is 11.1 Å². The standard InChI is InChI=1S/C23H18Cl2N2O/c1-2-23(15-26,17-6-4-3-5-7-17)18-8-10-20(11-9-18)27-14-16-12-19(24)13-21(25)22(16)28/h3-14,28H,2H2,1H3/t23-/m0/s1. The maximum absolute atomic E-state index is 10.0. The smallest absolute Gasteiger partial charge is 0.143 e. The lowest BCUT2D eigenvalue weighted by atomic mass is 9.74. The van der Waals surface area contributed by atoms with Gasteiger partial charge in [0.1, 0.15) is 11.2 Å². The molecule has 0 aliphatic rings. The Morgan fingerprint density at radius 2 is 1.68 bits per heavy atom. The molecule has 5 heteroatoms. The molecule has 1 atom stereocenters. The van der Waals surface area contributed by atoms with E-state index >= 15 is 0 Å². The van der Waals surface area contributed by atoms with E-state index in [1.807, 2.05) is 61.5 Å². The molecule has 0 spiro atoms. The second-order valence-electron chi connectivity index (χ2n) is 6.37. The Hall–Kier alpha value is -2.80. The molecule has 0 aliphatic heterocycles. The van der Waals surface area contributed by atoms with E-state index in [1.165, 1.54) is 12.3 Å². The van der Waals surface area contributed by atoms with E-state index in [2.05, 4.69) is 11.1 Å². The Bertz CT molecular complexity index is 1040. The predicted octanol–water partition coefficient (Wildman–Crippen LogP) is 6.67. The van der Waals surface area contributed by atoms with Crippen LogP contribution in [0.4, 0.5) is 5.69 Å². The highest BCUT2D eigenvalue weighted by molar-refractivity contribution is 6.36. The Kier molecular flexibility index (Phi) is 6.04.